The molecule has 2 aromatic carbocycles. The second kappa shape index (κ2) is 8.96. The lowest BCUT2D eigenvalue weighted by atomic mass is 10.3. The predicted octanol–water partition coefficient (Wildman–Crippen LogP) is 2.21. The molecule has 10 nitrogen and oxygen atoms in total. The maximum Gasteiger partial charge on any atom is 0.280 e. The second-order valence-corrected chi connectivity index (χ2v) is 8.29. The fraction of sp³-hybridized carbons (Fsp3) is 0. The molecular weight excluding hydrogens is 451 g/mol. The monoisotopic (exact) mass is 466 g/mol. The summed E-state index contributed by atoms with van der Waals surface area (Å²) in [5, 5.41) is 6.52. The number of amides is 1. The van der Waals surface area contributed by atoms with Crippen LogP contribution in [-0.2, 0) is 10.0 Å². The molecule has 4 aromatic rings. The number of aromatic nitrogens is 4. The quantitative estimate of drug-likeness (QED) is 0.445. The van der Waals surface area contributed by atoms with E-state index in [1.165, 1.54) is 71.8 Å². The summed E-state index contributed by atoms with van der Waals surface area (Å²) in [5.41, 5.74) is -0.304. The van der Waals surface area contributed by atoms with Crippen molar-refractivity contribution in [1.29, 1.82) is 0 Å². The highest BCUT2D eigenvalue weighted by Crippen LogP contribution is 2.17. The summed E-state index contributed by atoms with van der Waals surface area (Å²) in [4.78, 5) is 32.3. The Balaban J connectivity index is 1.51. The number of rotatable bonds is 6. The van der Waals surface area contributed by atoms with Crippen molar-refractivity contribution in [2.75, 3.05) is 10.0 Å². The van der Waals surface area contributed by atoms with Gasteiger partial charge in [-0.3, -0.25) is 9.59 Å². The van der Waals surface area contributed by atoms with Gasteiger partial charge < -0.3 is 5.32 Å². The van der Waals surface area contributed by atoms with E-state index in [9.17, 15) is 22.4 Å². The first kappa shape index (κ1) is 21.8. The van der Waals surface area contributed by atoms with E-state index in [0.29, 0.717) is 5.69 Å². The van der Waals surface area contributed by atoms with Crippen LogP contribution in [0.15, 0.2) is 88.9 Å². The first-order valence-corrected chi connectivity index (χ1v) is 10.9. The Bertz CT molecular complexity index is 1460. The summed E-state index contributed by atoms with van der Waals surface area (Å²) in [6, 6.07) is 13.3. The minimum Gasteiger partial charge on any atom is -0.320 e. The third-order valence-corrected chi connectivity index (χ3v) is 5.67. The largest absolute Gasteiger partial charge is 0.320 e. The fourth-order valence-electron chi connectivity index (χ4n) is 2.74. The number of anilines is 2. The van der Waals surface area contributed by atoms with Gasteiger partial charge >= 0.3 is 0 Å². The zero-order chi connectivity index (χ0) is 23.4. The smallest absolute Gasteiger partial charge is 0.280 e. The Kier molecular flexibility index (Phi) is 5.91. The van der Waals surface area contributed by atoms with Gasteiger partial charge in [-0.2, -0.15) is 5.10 Å². The van der Waals surface area contributed by atoms with Crippen molar-refractivity contribution in [1.82, 2.24) is 19.7 Å². The number of benzene rings is 2. The maximum absolute atomic E-state index is 13.1. The zero-order valence-corrected chi connectivity index (χ0v) is 17.5. The molecule has 0 unspecified atom stereocenters. The van der Waals surface area contributed by atoms with Gasteiger partial charge in [-0.05, 0) is 54.6 Å². The molecule has 166 valence electrons. The third kappa shape index (κ3) is 5.07. The lowest BCUT2D eigenvalue weighted by molar-refractivity contribution is 0.101. The fourth-order valence-corrected chi connectivity index (χ4v) is 3.70. The molecule has 0 saturated heterocycles. The third-order valence-electron chi connectivity index (χ3n) is 4.33. The van der Waals surface area contributed by atoms with E-state index in [-0.39, 0.29) is 22.2 Å². The molecule has 2 aromatic heterocycles. The van der Waals surface area contributed by atoms with Gasteiger partial charge in [0.2, 0.25) is 11.4 Å². The SMILES string of the molecule is O=C(Nc1ccc(S(=O)(=O)Nc2ncccn2)cc1)c1nn(-c2ccc(F)cc2)ccc1=O. The maximum atomic E-state index is 13.1. The van der Waals surface area contributed by atoms with Gasteiger partial charge in [0, 0.05) is 30.3 Å². The Hall–Kier alpha value is -4.45. The number of halogens is 1. The van der Waals surface area contributed by atoms with Crippen molar-refractivity contribution in [3.63, 3.8) is 0 Å². The molecular formula is C21H15FN6O4S. The van der Waals surface area contributed by atoms with E-state index in [1.54, 1.807) is 6.07 Å². The number of nitrogens with one attached hydrogen (secondary N) is 2. The average Bonchev–Trinajstić information content (AvgIpc) is 2.81. The van der Waals surface area contributed by atoms with Crippen LogP contribution in [0.25, 0.3) is 5.69 Å². The number of sulfonamides is 1. The van der Waals surface area contributed by atoms with E-state index in [1.807, 2.05) is 0 Å². The first-order chi connectivity index (χ1) is 15.8. The average molecular weight is 466 g/mol. The highest BCUT2D eigenvalue weighted by molar-refractivity contribution is 7.92. The van der Waals surface area contributed by atoms with Crippen molar-refractivity contribution in [3.05, 3.63) is 101 Å². The summed E-state index contributed by atoms with van der Waals surface area (Å²) in [6.07, 6.45) is 4.14. The number of hydrogen-bond acceptors (Lipinski definition) is 7. The highest BCUT2D eigenvalue weighted by Gasteiger charge is 2.17. The van der Waals surface area contributed by atoms with Gasteiger partial charge in [0.25, 0.3) is 15.9 Å². The molecule has 0 aliphatic carbocycles. The molecule has 0 fully saturated rings. The standard InChI is InChI=1S/C21H15FN6O4S/c22-14-2-6-16(7-3-14)28-13-10-18(29)19(26-28)20(30)25-15-4-8-17(9-5-15)33(31,32)27-21-23-11-1-12-24-21/h1-13H,(H,25,30)(H,23,24,27). The molecule has 0 aliphatic heterocycles. The van der Waals surface area contributed by atoms with Crippen LogP contribution in [0.2, 0.25) is 0 Å². The van der Waals surface area contributed by atoms with Gasteiger partial charge in [0.1, 0.15) is 5.82 Å². The predicted molar refractivity (Wildman–Crippen MR) is 117 cm³/mol. The van der Waals surface area contributed by atoms with Crippen molar-refractivity contribution >= 4 is 27.6 Å². The molecule has 0 saturated carbocycles. The van der Waals surface area contributed by atoms with E-state index in [4.69, 9.17) is 0 Å². The molecule has 2 N–H and O–H groups in total. The minimum absolute atomic E-state index is 0.0792. The Morgan fingerprint density at radius 2 is 1.61 bits per heavy atom. The van der Waals surface area contributed by atoms with Crippen LogP contribution in [0.5, 0.6) is 0 Å². The van der Waals surface area contributed by atoms with Crippen LogP contribution in [0.4, 0.5) is 16.0 Å². The lowest BCUT2D eigenvalue weighted by Gasteiger charge is -2.09. The number of nitrogens with zero attached hydrogens (tertiary/aromatic N) is 4. The molecule has 1 amide bonds. The topological polar surface area (TPSA) is 136 Å². The molecule has 4 rings (SSSR count). The minimum atomic E-state index is -3.94. The number of carbonyl (C=O) groups is 1. The Morgan fingerprint density at radius 1 is 0.939 bits per heavy atom. The van der Waals surface area contributed by atoms with E-state index < -0.39 is 27.2 Å². The van der Waals surface area contributed by atoms with Crippen LogP contribution < -0.4 is 15.5 Å². The van der Waals surface area contributed by atoms with E-state index in [0.717, 1.165) is 6.07 Å². The van der Waals surface area contributed by atoms with Crippen LogP contribution >= 0.6 is 0 Å². The summed E-state index contributed by atoms with van der Waals surface area (Å²) >= 11 is 0. The highest BCUT2D eigenvalue weighted by atomic mass is 32.2. The van der Waals surface area contributed by atoms with Gasteiger partial charge in [-0.25, -0.2) is 32.2 Å². The summed E-state index contributed by atoms with van der Waals surface area (Å²) in [7, 11) is -3.94. The van der Waals surface area contributed by atoms with Crippen molar-refractivity contribution in [2.45, 2.75) is 4.90 Å². The first-order valence-electron chi connectivity index (χ1n) is 9.39. The number of carbonyl (C=O) groups excluding carboxylic acids is 1. The summed E-state index contributed by atoms with van der Waals surface area (Å²) in [5.74, 6) is -1.31. The zero-order valence-electron chi connectivity index (χ0n) is 16.7. The van der Waals surface area contributed by atoms with Gasteiger partial charge in [-0.1, -0.05) is 0 Å². The molecule has 0 spiro atoms. The normalized spacial score (nSPS) is 11.1. The van der Waals surface area contributed by atoms with Crippen LogP contribution in [0, 0.1) is 5.82 Å². The van der Waals surface area contributed by atoms with E-state index in [2.05, 4.69) is 25.1 Å². The van der Waals surface area contributed by atoms with Crippen molar-refractivity contribution in [2.24, 2.45) is 0 Å². The summed E-state index contributed by atoms with van der Waals surface area (Å²) in [6.45, 7) is 0. The van der Waals surface area contributed by atoms with Crippen LogP contribution in [0.1, 0.15) is 10.5 Å². The molecule has 2 heterocycles. The number of hydrogen-bond donors (Lipinski definition) is 2. The molecule has 0 aliphatic rings. The van der Waals surface area contributed by atoms with E-state index >= 15 is 0 Å². The van der Waals surface area contributed by atoms with Crippen molar-refractivity contribution < 1.29 is 17.6 Å². The second-order valence-electron chi connectivity index (χ2n) is 6.61. The molecule has 0 atom stereocenters. The molecule has 12 heteroatoms. The molecule has 33 heavy (non-hydrogen) atoms. The molecule has 0 radical (unpaired) electrons. The van der Waals surface area contributed by atoms with Gasteiger partial charge in [-0.15, -0.1) is 0 Å². The van der Waals surface area contributed by atoms with Gasteiger partial charge in [0.05, 0.1) is 10.6 Å². The lowest BCUT2D eigenvalue weighted by Crippen LogP contribution is -2.25. The summed E-state index contributed by atoms with van der Waals surface area (Å²) < 4.78 is 41.5. The van der Waals surface area contributed by atoms with Gasteiger partial charge in [0.15, 0.2) is 5.69 Å². The van der Waals surface area contributed by atoms with Crippen LogP contribution in [-0.4, -0.2) is 34.1 Å². The molecule has 0 bridgehead atoms. The Morgan fingerprint density at radius 3 is 2.27 bits per heavy atom. The Labute approximate surface area is 186 Å². The van der Waals surface area contributed by atoms with Crippen LogP contribution in [0.3, 0.4) is 0 Å². The van der Waals surface area contributed by atoms with Crippen molar-refractivity contribution in [3.8, 4) is 5.69 Å².